The highest BCUT2D eigenvalue weighted by atomic mass is 35.5. The molecular formula is C17H17ClN2OS. The van der Waals surface area contributed by atoms with Gasteiger partial charge in [0.05, 0.1) is 4.88 Å². The summed E-state index contributed by atoms with van der Waals surface area (Å²) in [6, 6.07) is 12.9. The van der Waals surface area contributed by atoms with Gasteiger partial charge < -0.3 is 10.6 Å². The van der Waals surface area contributed by atoms with E-state index < -0.39 is 0 Å². The van der Waals surface area contributed by atoms with Crippen LogP contribution in [0.1, 0.15) is 28.9 Å². The normalized spacial score (nSPS) is 26.3. The lowest BCUT2D eigenvalue weighted by Crippen LogP contribution is -2.42. The van der Waals surface area contributed by atoms with Crippen LogP contribution >= 0.6 is 22.9 Å². The summed E-state index contributed by atoms with van der Waals surface area (Å²) in [5.41, 5.74) is 0.981. The molecule has 0 radical (unpaired) electrons. The molecule has 0 spiro atoms. The molecule has 3 nitrogen and oxygen atoms in total. The summed E-state index contributed by atoms with van der Waals surface area (Å²) < 4.78 is 0. The second-order valence-electron chi connectivity index (χ2n) is 6.01. The minimum Gasteiger partial charge on any atom is -0.347 e. The summed E-state index contributed by atoms with van der Waals surface area (Å²) in [5.74, 6) is 0.0302. The lowest BCUT2D eigenvalue weighted by molar-refractivity contribution is 0.0935. The molecule has 3 heterocycles. The molecule has 1 aromatic heterocycles. The zero-order valence-corrected chi connectivity index (χ0v) is 13.6. The quantitative estimate of drug-likeness (QED) is 0.900. The highest BCUT2D eigenvalue weighted by molar-refractivity contribution is 7.17. The van der Waals surface area contributed by atoms with Crippen molar-refractivity contribution in [2.75, 3.05) is 0 Å². The van der Waals surface area contributed by atoms with Gasteiger partial charge in [-0.05, 0) is 37.5 Å². The molecule has 2 N–H and O–H groups in total. The molecule has 4 rings (SSSR count). The van der Waals surface area contributed by atoms with E-state index in [0.29, 0.717) is 17.1 Å². The van der Waals surface area contributed by atoms with Crippen molar-refractivity contribution in [2.24, 2.45) is 0 Å². The van der Waals surface area contributed by atoms with Crippen molar-refractivity contribution in [3.63, 3.8) is 0 Å². The monoisotopic (exact) mass is 332 g/mol. The molecule has 3 atom stereocenters. The number of thiophene rings is 1. The smallest absolute Gasteiger partial charge is 0.261 e. The first-order chi connectivity index (χ1) is 10.7. The minimum atomic E-state index is 0.0302. The molecule has 5 heteroatoms. The highest BCUT2D eigenvalue weighted by Crippen LogP contribution is 2.34. The third-order valence-corrected chi connectivity index (χ3v) is 6.03. The third kappa shape index (κ3) is 2.56. The Kier molecular flexibility index (Phi) is 3.68. The van der Waals surface area contributed by atoms with E-state index in [-0.39, 0.29) is 11.9 Å². The van der Waals surface area contributed by atoms with Crippen LogP contribution < -0.4 is 10.6 Å². The maximum absolute atomic E-state index is 12.4. The number of halogens is 1. The summed E-state index contributed by atoms with van der Waals surface area (Å²) in [6.07, 6.45) is 3.47. The van der Waals surface area contributed by atoms with E-state index in [1.165, 1.54) is 24.2 Å². The van der Waals surface area contributed by atoms with Crippen molar-refractivity contribution in [3.8, 4) is 10.4 Å². The van der Waals surface area contributed by atoms with Crippen molar-refractivity contribution in [1.29, 1.82) is 0 Å². The molecule has 2 bridgehead atoms. The van der Waals surface area contributed by atoms with Gasteiger partial charge in [0.15, 0.2) is 0 Å². The topological polar surface area (TPSA) is 41.1 Å². The number of rotatable bonds is 3. The molecule has 114 valence electrons. The van der Waals surface area contributed by atoms with Gasteiger partial charge in [0, 0.05) is 33.6 Å². The molecule has 2 saturated heterocycles. The highest BCUT2D eigenvalue weighted by Gasteiger charge is 2.39. The molecule has 2 aliphatic rings. The van der Waals surface area contributed by atoms with Gasteiger partial charge in [-0.15, -0.1) is 11.3 Å². The Morgan fingerprint density at radius 3 is 2.82 bits per heavy atom. The van der Waals surface area contributed by atoms with Gasteiger partial charge in [0.2, 0.25) is 0 Å². The van der Waals surface area contributed by atoms with Gasteiger partial charge >= 0.3 is 0 Å². The predicted octanol–water partition coefficient (Wildman–Crippen LogP) is 3.69. The fourth-order valence-electron chi connectivity index (χ4n) is 3.49. The maximum atomic E-state index is 12.4. The van der Waals surface area contributed by atoms with Crippen molar-refractivity contribution in [2.45, 2.75) is 37.4 Å². The van der Waals surface area contributed by atoms with Crippen LogP contribution in [0.25, 0.3) is 10.4 Å². The molecule has 22 heavy (non-hydrogen) atoms. The molecule has 2 aromatic rings. The van der Waals surface area contributed by atoms with E-state index in [1.54, 1.807) is 0 Å². The standard InChI is InChI=1S/C17H17ClN2OS/c18-12-4-2-1-3-11(12)15-7-8-16(22-15)17(21)20-14-9-10-5-6-13(14)19-10/h1-4,7-8,10,13-14,19H,5-6,9H2,(H,20,21)/t10-,13+,14-/m1/s1. The number of hydrogen-bond acceptors (Lipinski definition) is 3. The van der Waals surface area contributed by atoms with Gasteiger partial charge in [0.1, 0.15) is 0 Å². The average molecular weight is 333 g/mol. The fraction of sp³-hybridized carbons (Fsp3) is 0.353. The van der Waals surface area contributed by atoms with Crippen molar-refractivity contribution < 1.29 is 4.79 Å². The largest absolute Gasteiger partial charge is 0.347 e. The first kappa shape index (κ1) is 14.2. The number of carbonyl (C=O) groups excluding carboxylic acids is 1. The fourth-order valence-corrected chi connectivity index (χ4v) is 4.73. The van der Waals surface area contributed by atoms with Gasteiger partial charge in [-0.25, -0.2) is 0 Å². The molecule has 0 unspecified atom stereocenters. The summed E-state index contributed by atoms with van der Waals surface area (Å²) in [5, 5.41) is 7.44. The molecule has 0 aliphatic carbocycles. The molecule has 2 aliphatic heterocycles. The number of amides is 1. The number of fused-ring (bicyclic) bond motifs is 2. The van der Waals surface area contributed by atoms with Crippen molar-refractivity contribution in [3.05, 3.63) is 46.3 Å². The predicted molar refractivity (Wildman–Crippen MR) is 90.6 cm³/mol. The van der Waals surface area contributed by atoms with Gasteiger partial charge in [-0.2, -0.15) is 0 Å². The maximum Gasteiger partial charge on any atom is 0.261 e. The van der Waals surface area contributed by atoms with Crippen LogP contribution in [-0.2, 0) is 0 Å². The second kappa shape index (κ2) is 5.69. The van der Waals surface area contributed by atoms with Crippen LogP contribution in [0, 0.1) is 0 Å². The zero-order valence-electron chi connectivity index (χ0n) is 12.0. The summed E-state index contributed by atoms with van der Waals surface area (Å²) >= 11 is 7.72. The molecule has 1 amide bonds. The summed E-state index contributed by atoms with van der Waals surface area (Å²) in [4.78, 5) is 14.2. The van der Waals surface area contributed by atoms with Gasteiger partial charge in [-0.3, -0.25) is 4.79 Å². The Balaban J connectivity index is 1.49. The lowest BCUT2D eigenvalue weighted by Gasteiger charge is -2.20. The minimum absolute atomic E-state index is 0.0302. The lowest BCUT2D eigenvalue weighted by atomic mass is 9.95. The average Bonchev–Trinajstić information content (AvgIpc) is 3.24. The number of carbonyl (C=O) groups is 1. The first-order valence-electron chi connectivity index (χ1n) is 7.62. The Morgan fingerprint density at radius 2 is 2.09 bits per heavy atom. The van der Waals surface area contributed by atoms with Crippen LogP contribution in [0.2, 0.25) is 5.02 Å². The van der Waals surface area contributed by atoms with Crippen LogP contribution in [0.5, 0.6) is 0 Å². The third-order valence-electron chi connectivity index (χ3n) is 4.59. The van der Waals surface area contributed by atoms with Crippen LogP contribution in [0.3, 0.4) is 0 Å². The van der Waals surface area contributed by atoms with E-state index in [0.717, 1.165) is 21.7 Å². The van der Waals surface area contributed by atoms with Crippen LogP contribution in [0.15, 0.2) is 36.4 Å². The molecule has 2 fully saturated rings. The Morgan fingerprint density at radius 1 is 1.23 bits per heavy atom. The van der Waals surface area contributed by atoms with E-state index in [1.807, 2.05) is 36.4 Å². The summed E-state index contributed by atoms with van der Waals surface area (Å²) in [6.45, 7) is 0. The van der Waals surface area contributed by atoms with Crippen molar-refractivity contribution in [1.82, 2.24) is 10.6 Å². The van der Waals surface area contributed by atoms with Crippen LogP contribution in [0.4, 0.5) is 0 Å². The molecule has 0 saturated carbocycles. The second-order valence-corrected chi connectivity index (χ2v) is 7.50. The van der Waals surface area contributed by atoms with Gasteiger partial charge in [-0.1, -0.05) is 29.8 Å². The van der Waals surface area contributed by atoms with Crippen molar-refractivity contribution >= 4 is 28.8 Å². The van der Waals surface area contributed by atoms with E-state index >= 15 is 0 Å². The zero-order chi connectivity index (χ0) is 15.1. The van der Waals surface area contributed by atoms with E-state index in [9.17, 15) is 4.79 Å². The Labute approximate surface area is 138 Å². The SMILES string of the molecule is O=C(N[C@@H]1C[C@H]2CC[C@@H]1N2)c1ccc(-c2ccccc2Cl)s1. The number of hydrogen-bond donors (Lipinski definition) is 2. The number of nitrogens with one attached hydrogen (secondary N) is 2. The summed E-state index contributed by atoms with van der Waals surface area (Å²) in [7, 11) is 0. The van der Waals surface area contributed by atoms with E-state index in [2.05, 4.69) is 10.6 Å². The first-order valence-corrected chi connectivity index (χ1v) is 8.82. The molecular weight excluding hydrogens is 316 g/mol. The Bertz CT molecular complexity index is 714. The van der Waals surface area contributed by atoms with Crippen LogP contribution in [-0.4, -0.2) is 24.0 Å². The Hall–Kier alpha value is -1.36. The molecule has 1 aromatic carbocycles. The van der Waals surface area contributed by atoms with Gasteiger partial charge in [0.25, 0.3) is 5.91 Å². The number of benzene rings is 1. The van der Waals surface area contributed by atoms with E-state index in [4.69, 9.17) is 11.6 Å².